The predicted molar refractivity (Wildman–Crippen MR) is 76.6 cm³/mol. The van der Waals surface area contributed by atoms with Gasteiger partial charge >= 0.3 is 0 Å². The second kappa shape index (κ2) is 7.31. The van der Waals surface area contributed by atoms with E-state index in [0.717, 1.165) is 31.0 Å². The Morgan fingerprint density at radius 1 is 1.23 bits per heavy atom. The molecule has 2 rings (SSSR count). The number of halogens is 2. The first-order chi connectivity index (χ1) is 10.5. The molecule has 5 nitrogen and oxygen atoms in total. The topological polar surface area (TPSA) is 75.4 Å². The lowest BCUT2D eigenvalue weighted by atomic mass is 10.0. The number of hydrogen-bond acceptors (Lipinski definition) is 3. The van der Waals surface area contributed by atoms with Crippen LogP contribution in [0.5, 0.6) is 0 Å². The van der Waals surface area contributed by atoms with E-state index in [1.54, 1.807) is 4.90 Å². The van der Waals surface area contributed by atoms with E-state index < -0.39 is 23.6 Å². The number of nitrogens with two attached hydrogens (primary N) is 1. The minimum Gasteiger partial charge on any atom is -0.368 e. The van der Waals surface area contributed by atoms with Crippen molar-refractivity contribution in [2.45, 2.75) is 31.8 Å². The number of nitrogens with one attached hydrogen (secondary N) is 1. The van der Waals surface area contributed by atoms with Crippen LogP contribution in [0.15, 0.2) is 18.2 Å². The van der Waals surface area contributed by atoms with Crippen LogP contribution in [-0.4, -0.2) is 35.8 Å². The molecule has 22 heavy (non-hydrogen) atoms. The fourth-order valence-electron chi connectivity index (χ4n) is 2.66. The van der Waals surface area contributed by atoms with E-state index in [1.807, 2.05) is 0 Å². The summed E-state index contributed by atoms with van der Waals surface area (Å²) in [5.74, 6) is -2.11. The lowest BCUT2D eigenvalue weighted by Crippen LogP contribution is -2.51. The van der Waals surface area contributed by atoms with Crippen molar-refractivity contribution in [2.24, 2.45) is 5.73 Å². The maximum absolute atomic E-state index is 13.1. The second-order valence-corrected chi connectivity index (χ2v) is 5.44. The third-order valence-electron chi connectivity index (χ3n) is 3.70. The summed E-state index contributed by atoms with van der Waals surface area (Å²) in [6, 6.07) is 2.68. The maximum atomic E-state index is 13.1. The summed E-state index contributed by atoms with van der Waals surface area (Å²) in [4.78, 5) is 25.0. The van der Waals surface area contributed by atoms with E-state index in [1.165, 1.54) is 0 Å². The monoisotopic (exact) mass is 311 g/mol. The minimum absolute atomic E-state index is 0.0303. The summed E-state index contributed by atoms with van der Waals surface area (Å²) in [5.41, 5.74) is 5.68. The van der Waals surface area contributed by atoms with Crippen LogP contribution in [0.4, 0.5) is 8.78 Å². The number of carbonyl (C=O) groups is 2. The number of likely N-dealkylation sites (tertiary alicyclic amines) is 1. The molecule has 0 saturated carbocycles. The summed E-state index contributed by atoms with van der Waals surface area (Å²) >= 11 is 0. The standard InChI is InChI=1S/C15H19F2N3O2/c16-11-5-10(6-12(17)7-11)8-19-14(21)9-20-4-2-1-3-13(20)15(18)22/h5-7,13H,1-4,8-9H2,(H2,18,22)(H,19,21). The van der Waals surface area contributed by atoms with Gasteiger partial charge in [-0.3, -0.25) is 14.5 Å². The molecular formula is C15H19F2N3O2. The van der Waals surface area contributed by atoms with E-state index in [9.17, 15) is 18.4 Å². The van der Waals surface area contributed by atoms with Crippen LogP contribution in [-0.2, 0) is 16.1 Å². The van der Waals surface area contributed by atoms with Gasteiger partial charge in [-0.1, -0.05) is 6.42 Å². The van der Waals surface area contributed by atoms with Crippen molar-refractivity contribution in [3.05, 3.63) is 35.4 Å². The Morgan fingerprint density at radius 3 is 2.55 bits per heavy atom. The molecule has 1 aliphatic heterocycles. The molecule has 1 atom stereocenters. The largest absolute Gasteiger partial charge is 0.368 e. The van der Waals surface area contributed by atoms with Gasteiger partial charge in [0.05, 0.1) is 12.6 Å². The second-order valence-electron chi connectivity index (χ2n) is 5.44. The van der Waals surface area contributed by atoms with Crippen LogP contribution in [0.2, 0.25) is 0 Å². The molecule has 1 fully saturated rings. The Labute approximate surface area is 127 Å². The molecule has 0 aliphatic carbocycles. The third-order valence-corrected chi connectivity index (χ3v) is 3.70. The van der Waals surface area contributed by atoms with Gasteiger partial charge in [0, 0.05) is 12.6 Å². The number of amides is 2. The highest BCUT2D eigenvalue weighted by Gasteiger charge is 2.28. The smallest absolute Gasteiger partial charge is 0.234 e. The zero-order valence-corrected chi connectivity index (χ0v) is 12.1. The van der Waals surface area contributed by atoms with E-state index in [-0.39, 0.29) is 19.0 Å². The van der Waals surface area contributed by atoms with Gasteiger partial charge in [0.15, 0.2) is 0 Å². The van der Waals surface area contributed by atoms with Crippen molar-refractivity contribution in [1.29, 1.82) is 0 Å². The highest BCUT2D eigenvalue weighted by molar-refractivity contribution is 5.82. The first kappa shape index (κ1) is 16.4. The number of piperidine rings is 1. The SMILES string of the molecule is NC(=O)C1CCCCN1CC(=O)NCc1cc(F)cc(F)c1. The quantitative estimate of drug-likeness (QED) is 0.849. The van der Waals surface area contributed by atoms with Crippen LogP contribution >= 0.6 is 0 Å². The van der Waals surface area contributed by atoms with E-state index >= 15 is 0 Å². The first-order valence-corrected chi connectivity index (χ1v) is 7.21. The Balaban J connectivity index is 1.88. The molecule has 3 N–H and O–H groups in total. The molecule has 0 radical (unpaired) electrons. The number of carbonyl (C=O) groups excluding carboxylic acids is 2. The highest BCUT2D eigenvalue weighted by Crippen LogP contribution is 2.16. The fraction of sp³-hybridized carbons (Fsp3) is 0.467. The van der Waals surface area contributed by atoms with E-state index in [4.69, 9.17) is 5.73 Å². The Kier molecular flexibility index (Phi) is 5.43. The molecule has 1 aromatic carbocycles. The molecule has 1 aromatic rings. The maximum Gasteiger partial charge on any atom is 0.234 e. The highest BCUT2D eigenvalue weighted by atomic mass is 19.1. The van der Waals surface area contributed by atoms with Gasteiger partial charge in [0.25, 0.3) is 0 Å². The molecule has 2 amide bonds. The predicted octanol–water partition coefficient (Wildman–Crippen LogP) is 0.921. The van der Waals surface area contributed by atoms with Gasteiger partial charge in [0.2, 0.25) is 11.8 Å². The summed E-state index contributed by atoms with van der Waals surface area (Å²) < 4.78 is 26.1. The van der Waals surface area contributed by atoms with Crippen molar-refractivity contribution in [1.82, 2.24) is 10.2 Å². The summed E-state index contributed by atoms with van der Waals surface area (Å²) in [6.07, 6.45) is 2.47. The van der Waals surface area contributed by atoms with Crippen LogP contribution in [0.1, 0.15) is 24.8 Å². The Hall–Kier alpha value is -2.02. The number of nitrogens with zero attached hydrogens (tertiary/aromatic N) is 1. The van der Waals surface area contributed by atoms with Crippen molar-refractivity contribution < 1.29 is 18.4 Å². The van der Waals surface area contributed by atoms with Crippen LogP contribution in [0.25, 0.3) is 0 Å². The van der Waals surface area contributed by atoms with Crippen LogP contribution < -0.4 is 11.1 Å². The molecule has 1 unspecified atom stereocenters. The molecule has 0 bridgehead atoms. The summed E-state index contributed by atoms with van der Waals surface area (Å²) in [6.45, 7) is 0.712. The van der Waals surface area contributed by atoms with Crippen molar-refractivity contribution in [3.63, 3.8) is 0 Å². The van der Waals surface area contributed by atoms with Gasteiger partial charge in [0.1, 0.15) is 11.6 Å². The zero-order valence-electron chi connectivity index (χ0n) is 12.1. The molecule has 120 valence electrons. The lowest BCUT2D eigenvalue weighted by Gasteiger charge is -2.32. The average Bonchev–Trinajstić information content (AvgIpc) is 2.44. The molecule has 1 aliphatic rings. The van der Waals surface area contributed by atoms with Crippen LogP contribution in [0, 0.1) is 11.6 Å². The fourth-order valence-corrected chi connectivity index (χ4v) is 2.66. The summed E-state index contributed by atoms with van der Waals surface area (Å²) in [5, 5.41) is 2.59. The molecule has 1 heterocycles. The number of rotatable bonds is 5. The Morgan fingerprint density at radius 2 is 1.91 bits per heavy atom. The minimum atomic E-state index is -0.686. The number of benzene rings is 1. The third kappa shape index (κ3) is 4.49. The molecular weight excluding hydrogens is 292 g/mol. The summed E-state index contributed by atoms with van der Waals surface area (Å²) in [7, 11) is 0. The molecule has 1 saturated heterocycles. The average molecular weight is 311 g/mol. The molecule has 0 spiro atoms. The van der Waals surface area contributed by atoms with Gasteiger partial charge < -0.3 is 11.1 Å². The van der Waals surface area contributed by atoms with E-state index in [0.29, 0.717) is 18.5 Å². The zero-order chi connectivity index (χ0) is 16.1. The van der Waals surface area contributed by atoms with Gasteiger partial charge in [-0.15, -0.1) is 0 Å². The van der Waals surface area contributed by atoms with Crippen LogP contribution in [0.3, 0.4) is 0 Å². The number of hydrogen-bond donors (Lipinski definition) is 2. The van der Waals surface area contributed by atoms with Gasteiger partial charge in [-0.05, 0) is 37.1 Å². The van der Waals surface area contributed by atoms with Gasteiger partial charge in [-0.25, -0.2) is 8.78 Å². The van der Waals surface area contributed by atoms with E-state index in [2.05, 4.69) is 5.32 Å². The van der Waals surface area contributed by atoms with Crippen molar-refractivity contribution >= 4 is 11.8 Å². The number of primary amides is 1. The molecule has 7 heteroatoms. The lowest BCUT2D eigenvalue weighted by molar-refractivity contribution is -0.128. The van der Waals surface area contributed by atoms with Gasteiger partial charge in [-0.2, -0.15) is 0 Å². The normalized spacial score (nSPS) is 18.9. The van der Waals surface area contributed by atoms with Crippen molar-refractivity contribution in [2.75, 3.05) is 13.1 Å². The van der Waals surface area contributed by atoms with Crippen molar-refractivity contribution in [3.8, 4) is 0 Å². The Bertz CT molecular complexity index is 545. The molecule has 0 aromatic heterocycles. The first-order valence-electron chi connectivity index (χ1n) is 7.21.